The third-order valence-corrected chi connectivity index (χ3v) is 7.47. The first-order valence-corrected chi connectivity index (χ1v) is 16.3. The third-order valence-electron chi connectivity index (χ3n) is 6.80. The number of alkyl halides is 3. The normalized spacial score (nSPS) is 13.4. The van der Waals surface area contributed by atoms with E-state index in [1.54, 1.807) is 31.3 Å². The van der Waals surface area contributed by atoms with Gasteiger partial charge < -0.3 is 16.0 Å². The molecule has 0 fully saturated rings. The highest BCUT2D eigenvalue weighted by Crippen LogP contribution is 2.32. The summed E-state index contributed by atoms with van der Waals surface area (Å²) >= 11 is 0. The van der Waals surface area contributed by atoms with Gasteiger partial charge in [-0.2, -0.15) is 13.2 Å². The molecule has 1 amide bonds. The number of carbonyl (C=O) groups excluding carboxylic acids is 1. The number of benzene rings is 1. The lowest BCUT2D eigenvalue weighted by atomic mass is 10.0. The first-order chi connectivity index (χ1) is 20.7. The number of hydrogen-bond donors (Lipinski definition) is 4. The van der Waals surface area contributed by atoms with Crippen LogP contribution in [-0.2, 0) is 35.7 Å². The monoisotopic (exact) mass is 635 g/mol. The summed E-state index contributed by atoms with van der Waals surface area (Å²) < 4.78 is 65.0. The Morgan fingerprint density at radius 3 is 2.48 bits per heavy atom. The molecule has 1 aromatic carbocycles. The fourth-order valence-electron chi connectivity index (χ4n) is 4.71. The molecule has 0 aliphatic rings. The largest absolute Gasteiger partial charge is 0.416 e. The quantitative estimate of drug-likeness (QED) is 0.183. The molecule has 0 bridgehead atoms. The number of aryl methyl sites for hydroxylation is 2. The Morgan fingerprint density at radius 1 is 1.07 bits per heavy atom. The highest BCUT2D eigenvalue weighted by molar-refractivity contribution is 7.88. The number of amides is 1. The summed E-state index contributed by atoms with van der Waals surface area (Å²) in [4.78, 5) is 26.0. The smallest absolute Gasteiger partial charge is 0.350 e. The molecule has 14 heteroatoms. The van der Waals surface area contributed by atoms with E-state index >= 15 is 0 Å². The Labute approximate surface area is 256 Å². The maximum Gasteiger partial charge on any atom is 0.416 e. The van der Waals surface area contributed by atoms with E-state index in [9.17, 15) is 26.4 Å². The van der Waals surface area contributed by atoms with Gasteiger partial charge in [0.2, 0.25) is 16.0 Å². The first-order valence-electron chi connectivity index (χ1n) is 14.4. The van der Waals surface area contributed by atoms with Crippen LogP contribution >= 0.6 is 0 Å². The lowest BCUT2D eigenvalue weighted by molar-refractivity contribution is -0.137. The SMILES string of the molecule is CCC[C@H](C[C@@H](C)NC(=O)c1ccnc(CNS(C)(=O)=O)c1)NCc1nc(Nc2cc(C)cc(C(F)(F)F)c2)ncc1CC. The van der Waals surface area contributed by atoms with E-state index in [1.165, 1.54) is 6.20 Å². The second kappa shape index (κ2) is 15.4. The Hall–Kier alpha value is -3.62. The molecular weight excluding hydrogens is 595 g/mol. The van der Waals surface area contributed by atoms with Gasteiger partial charge in [0.15, 0.2) is 0 Å². The molecule has 3 rings (SSSR count). The van der Waals surface area contributed by atoms with Crippen molar-refractivity contribution in [2.75, 3.05) is 11.6 Å². The molecule has 2 aromatic heterocycles. The molecule has 0 unspecified atom stereocenters. The van der Waals surface area contributed by atoms with E-state index in [0.717, 1.165) is 42.5 Å². The summed E-state index contributed by atoms with van der Waals surface area (Å²) in [6.07, 6.45) is 2.80. The molecule has 4 N–H and O–H groups in total. The van der Waals surface area contributed by atoms with Crippen molar-refractivity contribution in [1.82, 2.24) is 30.3 Å². The van der Waals surface area contributed by atoms with Crippen LogP contribution in [0.25, 0.3) is 0 Å². The summed E-state index contributed by atoms with van der Waals surface area (Å²) in [6.45, 7) is 7.96. The lowest BCUT2D eigenvalue weighted by Gasteiger charge is -2.23. The Morgan fingerprint density at radius 2 is 1.82 bits per heavy atom. The second-order valence-corrected chi connectivity index (χ2v) is 12.7. The van der Waals surface area contributed by atoms with E-state index in [0.29, 0.717) is 36.2 Å². The van der Waals surface area contributed by atoms with Gasteiger partial charge in [0.05, 0.1) is 29.8 Å². The van der Waals surface area contributed by atoms with Gasteiger partial charge in [0.1, 0.15) is 0 Å². The number of hydrogen-bond acceptors (Lipinski definition) is 8. The number of nitrogens with zero attached hydrogens (tertiary/aromatic N) is 3. The molecule has 240 valence electrons. The molecule has 44 heavy (non-hydrogen) atoms. The first kappa shape index (κ1) is 34.9. The lowest BCUT2D eigenvalue weighted by Crippen LogP contribution is -2.39. The Kier molecular flexibility index (Phi) is 12.2. The number of nitrogens with one attached hydrogen (secondary N) is 4. The third kappa shape index (κ3) is 11.1. The summed E-state index contributed by atoms with van der Waals surface area (Å²) in [5.41, 5.74) is 2.42. The van der Waals surface area contributed by atoms with Crippen LogP contribution in [0.15, 0.2) is 42.7 Å². The number of rotatable bonds is 15. The summed E-state index contributed by atoms with van der Waals surface area (Å²) in [5.74, 6) is -0.0887. The van der Waals surface area contributed by atoms with Crippen molar-refractivity contribution in [3.8, 4) is 0 Å². The number of anilines is 2. The highest BCUT2D eigenvalue weighted by Gasteiger charge is 2.31. The van der Waals surface area contributed by atoms with Gasteiger partial charge in [-0.1, -0.05) is 20.3 Å². The van der Waals surface area contributed by atoms with E-state index in [-0.39, 0.29) is 36.2 Å². The predicted molar refractivity (Wildman–Crippen MR) is 164 cm³/mol. The summed E-state index contributed by atoms with van der Waals surface area (Å²) in [5, 5.41) is 9.45. The number of carbonyl (C=O) groups is 1. The fraction of sp³-hybridized carbons (Fsp3) is 0.467. The van der Waals surface area contributed by atoms with Crippen molar-refractivity contribution in [2.24, 2.45) is 0 Å². The Bertz CT molecular complexity index is 1530. The standard InChI is InChI=1S/C30H40F3N7O3S/c1-6-8-24(13-20(4)38-28(41)22-9-10-34-26(14-22)17-37-44(5,42)43)35-18-27-21(7-2)16-36-29(40-27)39-25-12-19(3)11-23(15-25)30(31,32)33/h9-12,14-16,20,24,35,37H,6-8,13,17-18H2,1-5H3,(H,38,41)(H,36,39,40)/t20-,24-/m1/s1. The number of aromatic nitrogens is 3. The van der Waals surface area contributed by atoms with Gasteiger partial charge in [-0.05, 0) is 74.6 Å². The van der Waals surface area contributed by atoms with Crippen LogP contribution in [0.1, 0.15) is 78.5 Å². The molecule has 0 spiro atoms. The van der Waals surface area contributed by atoms with Gasteiger partial charge in [-0.15, -0.1) is 0 Å². The van der Waals surface area contributed by atoms with E-state index in [1.807, 2.05) is 13.8 Å². The molecule has 0 saturated carbocycles. The Balaban J connectivity index is 1.65. The van der Waals surface area contributed by atoms with Crippen LogP contribution in [-0.4, -0.2) is 47.6 Å². The minimum atomic E-state index is -4.46. The number of pyridine rings is 1. The van der Waals surface area contributed by atoms with Crippen LogP contribution in [0.5, 0.6) is 0 Å². The number of halogens is 3. The molecular formula is C30H40F3N7O3S. The zero-order valence-electron chi connectivity index (χ0n) is 25.5. The van der Waals surface area contributed by atoms with E-state index in [4.69, 9.17) is 0 Å². The second-order valence-electron chi connectivity index (χ2n) is 10.8. The average Bonchev–Trinajstić information content (AvgIpc) is 2.94. The molecule has 0 saturated heterocycles. The zero-order valence-corrected chi connectivity index (χ0v) is 26.4. The molecule has 2 heterocycles. The maximum absolute atomic E-state index is 13.3. The van der Waals surface area contributed by atoms with Crippen molar-refractivity contribution in [3.63, 3.8) is 0 Å². The predicted octanol–water partition coefficient (Wildman–Crippen LogP) is 5.02. The van der Waals surface area contributed by atoms with Gasteiger partial charge in [-0.3, -0.25) is 9.78 Å². The van der Waals surface area contributed by atoms with E-state index < -0.39 is 21.8 Å². The minimum Gasteiger partial charge on any atom is -0.350 e. The topological polar surface area (TPSA) is 138 Å². The minimum absolute atomic E-state index is 0.0163. The van der Waals surface area contributed by atoms with Gasteiger partial charge in [0.25, 0.3) is 5.91 Å². The van der Waals surface area contributed by atoms with Gasteiger partial charge in [0, 0.05) is 42.3 Å². The zero-order chi connectivity index (χ0) is 32.5. The summed E-state index contributed by atoms with van der Waals surface area (Å²) in [7, 11) is -3.39. The summed E-state index contributed by atoms with van der Waals surface area (Å²) in [6, 6.07) is 6.72. The average molecular weight is 636 g/mol. The van der Waals surface area contributed by atoms with Crippen LogP contribution in [0, 0.1) is 6.92 Å². The molecule has 10 nitrogen and oxygen atoms in total. The van der Waals surface area contributed by atoms with Crippen molar-refractivity contribution in [3.05, 3.63) is 76.4 Å². The maximum atomic E-state index is 13.3. The van der Waals surface area contributed by atoms with Crippen molar-refractivity contribution in [2.45, 2.75) is 84.7 Å². The van der Waals surface area contributed by atoms with Crippen molar-refractivity contribution >= 4 is 27.6 Å². The van der Waals surface area contributed by atoms with Crippen molar-refractivity contribution in [1.29, 1.82) is 0 Å². The molecule has 0 aliphatic carbocycles. The molecule has 0 radical (unpaired) electrons. The molecule has 2 atom stereocenters. The highest BCUT2D eigenvalue weighted by atomic mass is 32.2. The fourth-order valence-corrected chi connectivity index (χ4v) is 5.12. The molecule has 3 aromatic rings. The van der Waals surface area contributed by atoms with Crippen LogP contribution in [0.3, 0.4) is 0 Å². The van der Waals surface area contributed by atoms with Gasteiger partial charge in [-0.25, -0.2) is 23.1 Å². The number of sulfonamides is 1. The van der Waals surface area contributed by atoms with Crippen molar-refractivity contribution < 1.29 is 26.4 Å². The van der Waals surface area contributed by atoms with Gasteiger partial charge >= 0.3 is 6.18 Å². The van der Waals surface area contributed by atoms with Crippen LogP contribution in [0.2, 0.25) is 0 Å². The van der Waals surface area contributed by atoms with Crippen LogP contribution in [0.4, 0.5) is 24.8 Å². The van der Waals surface area contributed by atoms with E-state index in [2.05, 4.69) is 42.5 Å². The molecule has 0 aliphatic heterocycles. The van der Waals surface area contributed by atoms with Crippen LogP contribution < -0.4 is 20.7 Å².